The molecule has 0 unspecified atom stereocenters. The number of aliphatic hydroxyl groups is 1. The van der Waals surface area contributed by atoms with Gasteiger partial charge in [0.2, 0.25) is 5.88 Å². The first-order chi connectivity index (χ1) is 8.60. The highest BCUT2D eigenvalue weighted by molar-refractivity contribution is 9.10. The van der Waals surface area contributed by atoms with Gasteiger partial charge in [-0.3, -0.25) is 0 Å². The molecule has 1 N–H and O–H groups in total. The fourth-order valence-corrected chi connectivity index (χ4v) is 2.42. The molecule has 0 saturated carbocycles. The second kappa shape index (κ2) is 5.82. The van der Waals surface area contributed by atoms with Crippen molar-refractivity contribution in [1.29, 1.82) is 0 Å². The number of benzene rings is 1. The molecule has 1 aromatic carbocycles. The van der Waals surface area contributed by atoms with E-state index in [1.807, 2.05) is 25.1 Å². The number of hydrogen-bond acceptors (Lipinski definition) is 3. The quantitative estimate of drug-likeness (QED) is 0.877. The molecular weight excluding hydrogens is 362 g/mol. The van der Waals surface area contributed by atoms with Crippen LogP contribution in [-0.4, -0.2) is 10.1 Å². The molecule has 0 aliphatic rings. The molecule has 1 heterocycles. The van der Waals surface area contributed by atoms with Crippen LogP contribution in [0.2, 0.25) is 0 Å². The predicted octanol–water partition coefficient (Wildman–Crippen LogP) is 4.20. The summed E-state index contributed by atoms with van der Waals surface area (Å²) in [4.78, 5) is 4.16. The fourth-order valence-electron chi connectivity index (χ4n) is 1.47. The summed E-state index contributed by atoms with van der Waals surface area (Å²) >= 11 is 6.75. The summed E-state index contributed by atoms with van der Waals surface area (Å²) in [6.07, 6.45) is 1.64. The molecule has 0 bridgehead atoms. The van der Waals surface area contributed by atoms with Crippen LogP contribution in [0, 0.1) is 6.92 Å². The van der Waals surface area contributed by atoms with Crippen LogP contribution >= 0.6 is 31.9 Å². The Balaban J connectivity index is 2.33. The van der Waals surface area contributed by atoms with Gasteiger partial charge >= 0.3 is 0 Å². The topological polar surface area (TPSA) is 42.4 Å². The molecule has 0 spiro atoms. The molecule has 2 rings (SSSR count). The zero-order valence-corrected chi connectivity index (χ0v) is 12.8. The Morgan fingerprint density at radius 1 is 1.28 bits per heavy atom. The lowest BCUT2D eigenvalue weighted by molar-refractivity contribution is 0.275. The van der Waals surface area contributed by atoms with Gasteiger partial charge in [-0.2, -0.15) is 0 Å². The van der Waals surface area contributed by atoms with Gasteiger partial charge in [-0.15, -0.1) is 0 Å². The molecule has 0 fully saturated rings. The van der Waals surface area contributed by atoms with Crippen molar-refractivity contribution < 1.29 is 9.84 Å². The molecule has 94 valence electrons. The molecule has 1 aromatic heterocycles. The molecule has 0 amide bonds. The minimum absolute atomic E-state index is 0.120. The van der Waals surface area contributed by atoms with E-state index in [1.165, 1.54) is 0 Å². The molecular formula is C13H11Br2NO2. The number of rotatable bonds is 3. The van der Waals surface area contributed by atoms with Crippen LogP contribution in [-0.2, 0) is 6.61 Å². The first kappa shape index (κ1) is 13.5. The third kappa shape index (κ3) is 3.10. The Hall–Kier alpha value is -0.910. The Kier molecular flexibility index (Phi) is 4.37. The lowest BCUT2D eigenvalue weighted by Crippen LogP contribution is -1.95. The maximum absolute atomic E-state index is 9.28. The fraction of sp³-hybridized carbons (Fsp3) is 0.154. The summed E-state index contributed by atoms with van der Waals surface area (Å²) in [6.45, 7) is 1.89. The predicted molar refractivity (Wildman–Crippen MR) is 76.8 cm³/mol. The summed E-state index contributed by atoms with van der Waals surface area (Å²) in [5.74, 6) is 1.08. The molecule has 0 saturated heterocycles. The number of aryl methyl sites for hydroxylation is 1. The minimum atomic E-state index is -0.120. The third-order valence-corrected chi connectivity index (χ3v) is 3.41. The summed E-state index contributed by atoms with van der Waals surface area (Å²) in [6, 6.07) is 7.57. The van der Waals surface area contributed by atoms with Crippen molar-refractivity contribution in [2.24, 2.45) is 0 Å². The van der Waals surface area contributed by atoms with Crippen LogP contribution in [0.25, 0.3) is 0 Å². The van der Waals surface area contributed by atoms with Crippen molar-refractivity contribution in [2.75, 3.05) is 0 Å². The summed E-state index contributed by atoms with van der Waals surface area (Å²) < 4.78 is 7.37. The number of aliphatic hydroxyl groups excluding tert-OH is 1. The van der Waals surface area contributed by atoms with Gasteiger partial charge < -0.3 is 9.84 Å². The standard InChI is InChI=1S/C13H11Br2NO2/c1-8-2-3-12(11(15)4-8)18-13-9(7-17)5-10(14)6-16-13/h2-6,17H,7H2,1H3. The van der Waals surface area contributed by atoms with Gasteiger partial charge in [-0.1, -0.05) is 6.07 Å². The van der Waals surface area contributed by atoms with Gasteiger partial charge in [0.1, 0.15) is 5.75 Å². The number of nitrogens with zero attached hydrogens (tertiary/aromatic N) is 1. The Labute approximate surface area is 122 Å². The van der Waals surface area contributed by atoms with Crippen LogP contribution < -0.4 is 4.74 Å². The lowest BCUT2D eigenvalue weighted by Gasteiger charge is -2.10. The Morgan fingerprint density at radius 3 is 2.72 bits per heavy atom. The number of hydrogen-bond donors (Lipinski definition) is 1. The van der Waals surface area contributed by atoms with E-state index in [-0.39, 0.29) is 6.61 Å². The van der Waals surface area contributed by atoms with Crippen molar-refractivity contribution in [3.05, 3.63) is 50.5 Å². The van der Waals surface area contributed by atoms with Gasteiger partial charge in [-0.25, -0.2) is 4.98 Å². The van der Waals surface area contributed by atoms with Gasteiger partial charge in [0, 0.05) is 16.2 Å². The molecule has 2 aromatic rings. The zero-order chi connectivity index (χ0) is 13.1. The molecule has 5 heteroatoms. The van der Waals surface area contributed by atoms with Crippen molar-refractivity contribution in [3.8, 4) is 11.6 Å². The highest BCUT2D eigenvalue weighted by atomic mass is 79.9. The normalized spacial score (nSPS) is 10.4. The monoisotopic (exact) mass is 371 g/mol. The van der Waals surface area contributed by atoms with Gasteiger partial charge in [0.05, 0.1) is 11.1 Å². The van der Waals surface area contributed by atoms with Crippen molar-refractivity contribution in [2.45, 2.75) is 13.5 Å². The van der Waals surface area contributed by atoms with Crippen molar-refractivity contribution >= 4 is 31.9 Å². The van der Waals surface area contributed by atoms with E-state index in [9.17, 15) is 5.11 Å². The van der Waals surface area contributed by atoms with E-state index >= 15 is 0 Å². The number of pyridine rings is 1. The number of aromatic nitrogens is 1. The Bertz CT molecular complexity index is 573. The maximum atomic E-state index is 9.28. The maximum Gasteiger partial charge on any atom is 0.224 e. The molecule has 0 radical (unpaired) electrons. The van der Waals surface area contributed by atoms with Crippen molar-refractivity contribution in [1.82, 2.24) is 4.98 Å². The van der Waals surface area contributed by atoms with Gasteiger partial charge in [-0.05, 0) is 62.5 Å². The van der Waals surface area contributed by atoms with E-state index in [1.54, 1.807) is 12.3 Å². The number of halogens is 2. The SMILES string of the molecule is Cc1ccc(Oc2ncc(Br)cc2CO)c(Br)c1. The van der Waals surface area contributed by atoms with Crippen LogP contribution in [0.15, 0.2) is 39.4 Å². The minimum Gasteiger partial charge on any atom is -0.437 e. The lowest BCUT2D eigenvalue weighted by atomic mass is 10.2. The van der Waals surface area contributed by atoms with Crippen LogP contribution in [0.4, 0.5) is 0 Å². The molecule has 0 aliphatic heterocycles. The summed E-state index contributed by atoms with van der Waals surface area (Å²) in [5, 5.41) is 9.28. The molecule has 0 atom stereocenters. The molecule has 18 heavy (non-hydrogen) atoms. The second-order valence-corrected chi connectivity index (χ2v) is 5.58. The van der Waals surface area contributed by atoms with E-state index < -0.39 is 0 Å². The molecule has 0 aliphatic carbocycles. The van der Waals surface area contributed by atoms with E-state index in [0.717, 1.165) is 14.5 Å². The highest BCUT2D eigenvalue weighted by Gasteiger charge is 2.09. The van der Waals surface area contributed by atoms with Gasteiger partial charge in [0.25, 0.3) is 0 Å². The summed E-state index contributed by atoms with van der Waals surface area (Å²) in [5.41, 5.74) is 1.78. The average Bonchev–Trinajstić information content (AvgIpc) is 2.34. The summed E-state index contributed by atoms with van der Waals surface area (Å²) in [7, 11) is 0. The van der Waals surface area contributed by atoms with Crippen LogP contribution in [0.5, 0.6) is 11.6 Å². The van der Waals surface area contributed by atoms with E-state index in [2.05, 4.69) is 36.8 Å². The zero-order valence-electron chi connectivity index (χ0n) is 9.65. The molecule has 3 nitrogen and oxygen atoms in total. The van der Waals surface area contributed by atoms with Crippen LogP contribution in [0.3, 0.4) is 0 Å². The van der Waals surface area contributed by atoms with E-state index in [0.29, 0.717) is 17.2 Å². The first-order valence-corrected chi connectivity index (χ1v) is 6.88. The smallest absolute Gasteiger partial charge is 0.224 e. The largest absolute Gasteiger partial charge is 0.437 e. The van der Waals surface area contributed by atoms with E-state index in [4.69, 9.17) is 4.74 Å². The van der Waals surface area contributed by atoms with Crippen molar-refractivity contribution in [3.63, 3.8) is 0 Å². The Morgan fingerprint density at radius 2 is 2.06 bits per heavy atom. The third-order valence-electron chi connectivity index (χ3n) is 2.36. The first-order valence-electron chi connectivity index (χ1n) is 5.29. The van der Waals surface area contributed by atoms with Gasteiger partial charge in [0.15, 0.2) is 0 Å². The van der Waals surface area contributed by atoms with Crippen LogP contribution in [0.1, 0.15) is 11.1 Å². The number of ether oxygens (including phenoxy) is 1. The average molecular weight is 373 g/mol. The second-order valence-electron chi connectivity index (χ2n) is 3.81. The highest BCUT2D eigenvalue weighted by Crippen LogP contribution is 2.31.